The fourth-order valence-electron chi connectivity index (χ4n) is 2.62. The molecule has 0 amide bonds. The number of ether oxygens (including phenoxy) is 1. The van der Waals surface area contributed by atoms with Crippen molar-refractivity contribution in [1.82, 2.24) is 0 Å². The summed E-state index contributed by atoms with van der Waals surface area (Å²) in [5.41, 5.74) is -0.692. The van der Waals surface area contributed by atoms with E-state index < -0.39 is 13.7 Å². The first-order chi connectivity index (χ1) is 10.1. The van der Waals surface area contributed by atoms with Gasteiger partial charge < -0.3 is 9.16 Å². The molecule has 0 aromatic heterocycles. The number of esters is 1. The van der Waals surface area contributed by atoms with E-state index in [2.05, 4.69) is 46.5 Å². The Labute approximate surface area is 136 Å². The molecule has 0 aromatic carbocycles. The summed E-state index contributed by atoms with van der Waals surface area (Å²) in [6.45, 7) is 14.9. The largest absolute Gasteiger partial charge is 0.546 e. The number of methoxy groups -OCH3 is 1. The highest BCUT2D eigenvalue weighted by Gasteiger charge is 2.48. The molecule has 126 valence electrons. The third kappa shape index (κ3) is 3.83. The fourth-order valence-corrected chi connectivity index (χ4v) is 3.76. The van der Waals surface area contributed by atoms with Crippen molar-refractivity contribution in [1.29, 1.82) is 0 Å². The molecule has 22 heavy (non-hydrogen) atoms. The van der Waals surface area contributed by atoms with Crippen LogP contribution in [0.4, 0.5) is 0 Å². The standard InChI is InChI=1S/C18H32O3Si/c1-8-13-18(16(19)20-5)14-11-9-10-12-15(18)21-22(6,7)17(2,3)4/h8,12H,1,9-11,13-14H2,2-7H3. The van der Waals surface area contributed by atoms with Gasteiger partial charge in [0.15, 0.2) is 0 Å². The van der Waals surface area contributed by atoms with Crippen molar-refractivity contribution in [2.75, 3.05) is 7.11 Å². The second-order valence-corrected chi connectivity index (χ2v) is 12.5. The Morgan fingerprint density at radius 2 is 2.05 bits per heavy atom. The predicted molar refractivity (Wildman–Crippen MR) is 94.1 cm³/mol. The van der Waals surface area contributed by atoms with E-state index in [1.165, 1.54) is 7.11 Å². The van der Waals surface area contributed by atoms with Gasteiger partial charge in [0.1, 0.15) is 5.41 Å². The molecule has 0 aromatic rings. The first-order valence-corrected chi connectivity index (χ1v) is 11.1. The van der Waals surface area contributed by atoms with Crippen molar-refractivity contribution in [2.45, 2.75) is 71.0 Å². The van der Waals surface area contributed by atoms with Crippen LogP contribution in [0, 0.1) is 5.41 Å². The number of carbonyl (C=O) groups is 1. The van der Waals surface area contributed by atoms with Gasteiger partial charge in [0.25, 0.3) is 0 Å². The van der Waals surface area contributed by atoms with Crippen LogP contribution in [0.2, 0.25) is 18.1 Å². The molecule has 0 spiro atoms. The molecule has 1 unspecified atom stereocenters. The Bertz CT molecular complexity index is 446. The zero-order chi connectivity index (χ0) is 17.0. The minimum absolute atomic E-state index is 0.0934. The molecule has 1 aliphatic rings. The Hall–Kier alpha value is -1.03. The average molecular weight is 325 g/mol. The highest BCUT2D eigenvalue weighted by Crippen LogP contribution is 2.46. The van der Waals surface area contributed by atoms with Gasteiger partial charge in [-0.3, -0.25) is 4.79 Å². The monoisotopic (exact) mass is 324 g/mol. The van der Waals surface area contributed by atoms with Gasteiger partial charge in [-0.25, -0.2) is 0 Å². The van der Waals surface area contributed by atoms with Gasteiger partial charge >= 0.3 is 5.97 Å². The number of carbonyl (C=O) groups excluding carboxylic acids is 1. The topological polar surface area (TPSA) is 35.5 Å². The summed E-state index contributed by atoms with van der Waals surface area (Å²) < 4.78 is 11.7. The van der Waals surface area contributed by atoms with Crippen molar-refractivity contribution in [2.24, 2.45) is 5.41 Å². The third-order valence-corrected chi connectivity index (χ3v) is 9.44. The molecule has 0 heterocycles. The van der Waals surface area contributed by atoms with Crippen LogP contribution in [0.3, 0.4) is 0 Å². The van der Waals surface area contributed by atoms with Crippen LogP contribution in [0.25, 0.3) is 0 Å². The highest BCUT2D eigenvalue weighted by molar-refractivity contribution is 6.74. The smallest absolute Gasteiger partial charge is 0.319 e. The van der Waals surface area contributed by atoms with Gasteiger partial charge in [0, 0.05) is 0 Å². The maximum atomic E-state index is 12.6. The number of allylic oxidation sites excluding steroid dienone is 2. The minimum Gasteiger partial charge on any atom is -0.546 e. The quantitative estimate of drug-likeness (QED) is 0.396. The lowest BCUT2D eigenvalue weighted by Gasteiger charge is -2.42. The maximum absolute atomic E-state index is 12.6. The molecule has 0 saturated heterocycles. The Kier molecular flexibility index (Phi) is 6.08. The van der Waals surface area contributed by atoms with Gasteiger partial charge in [-0.15, -0.1) is 6.58 Å². The van der Waals surface area contributed by atoms with Crippen LogP contribution in [0.15, 0.2) is 24.5 Å². The lowest BCUT2D eigenvalue weighted by Crippen LogP contribution is -2.45. The van der Waals surface area contributed by atoms with E-state index >= 15 is 0 Å². The summed E-state index contributed by atoms with van der Waals surface area (Å²) in [6.07, 6.45) is 8.31. The van der Waals surface area contributed by atoms with E-state index in [4.69, 9.17) is 9.16 Å². The first kappa shape index (κ1) is 19.0. The van der Waals surface area contributed by atoms with Crippen molar-refractivity contribution in [3.8, 4) is 0 Å². The second kappa shape index (κ2) is 7.03. The van der Waals surface area contributed by atoms with E-state index in [1.54, 1.807) is 0 Å². The molecular formula is C18H32O3Si. The fraction of sp³-hybridized carbons (Fsp3) is 0.722. The van der Waals surface area contributed by atoms with E-state index in [1.807, 2.05) is 6.08 Å². The number of hydrogen-bond donors (Lipinski definition) is 0. The van der Waals surface area contributed by atoms with Crippen LogP contribution in [-0.2, 0) is 14.0 Å². The molecule has 0 aliphatic heterocycles. The summed E-state index contributed by atoms with van der Waals surface area (Å²) in [4.78, 5) is 12.6. The lowest BCUT2D eigenvalue weighted by atomic mass is 9.78. The van der Waals surface area contributed by atoms with Gasteiger partial charge in [-0.05, 0) is 49.9 Å². The van der Waals surface area contributed by atoms with E-state index in [-0.39, 0.29) is 11.0 Å². The molecule has 0 N–H and O–H groups in total. The highest BCUT2D eigenvalue weighted by atomic mass is 28.4. The Morgan fingerprint density at radius 3 is 2.55 bits per heavy atom. The van der Waals surface area contributed by atoms with Gasteiger partial charge in [0.05, 0.1) is 12.9 Å². The molecule has 0 radical (unpaired) electrons. The molecule has 0 saturated carbocycles. The van der Waals surface area contributed by atoms with Crippen LogP contribution in [0.1, 0.15) is 52.9 Å². The minimum atomic E-state index is -2.00. The van der Waals surface area contributed by atoms with Crippen LogP contribution in [-0.4, -0.2) is 21.4 Å². The molecule has 4 heteroatoms. The molecule has 3 nitrogen and oxygen atoms in total. The van der Waals surface area contributed by atoms with E-state index in [0.29, 0.717) is 6.42 Å². The summed E-state index contributed by atoms with van der Waals surface area (Å²) >= 11 is 0. The summed E-state index contributed by atoms with van der Waals surface area (Å²) in [6, 6.07) is 0. The Morgan fingerprint density at radius 1 is 1.41 bits per heavy atom. The van der Waals surface area contributed by atoms with E-state index in [0.717, 1.165) is 31.4 Å². The molecule has 1 aliphatic carbocycles. The SMILES string of the molecule is C=CCC1(C(=O)OC)CCCCC=C1O[Si](C)(C)C(C)(C)C. The summed E-state index contributed by atoms with van der Waals surface area (Å²) in [5, 5.41) is 0.0934. The van der Waals surface area contributed by atoms with Crippen LogP contribution < -0.4 is 0 Å². The molecule has 0 bridgehead atoms. The number of hydrogen-bond acceptors (Lipinski definition) is 3. The van der Waals surface area contributed by atoms with E-state index in [9.17, 15) is 4.79 Å². The normalized spacial score (nSPS) is 23.3. The lowest BCUT2D eigenvalue weighted by molar-refractivity contribution is -0.152. The molecule has 1 rings (SSSR count). The average Bonchev–Trinajstić information content (AvgIpc) is 2.60. The van der Waals surface area contributed by atoms with Crippen molar-refractivity contribution < 1.29 is 14.0 Å². The van der Waals surface area contributed by atoms with Gasteiger partial charge in [-0.2, -0.15) is 0 Å². The van der Waals surface area contributed by atoms with Crippen molar-refractivity contribution in [3.05, 3.63) is 24.5 Å². The van der Waals surface area contributed by atoms with Gasteiger partial charge in [-0.1, -0.05) is 33.3 Å². The zero-order valence-electron chi connectivity index (χ0n) is 15.1. The third-order valence-electron chi connectivity index (χ3n) is 5.10. The number of rotatable bonds is 5. The van der Waals surface area contributed by atoms with Crippen molar-refractivity contribution in [3.63, 3.8) is 0 Å². The molecular weight excluding hydrogens is 292 g/mol. The van der Waals surface area contributed by atoms with Crippen molar-refractivity contribution >= 4 is 14.3 Å². The Balaban J connectivity index is 3.27. The first-order valence-electron chi connectivity index (χ1n) is 8.20. The zero-order valence-corrected chi connectivity index (χ0v) is 16.1. The van der Waals surface area contributed by atoms with Crippen LogP contribution >= 0.6 is 0 Å². The predicted octanol–water partition coefficient (Wildman–Crippen LogP) is 5.20. The molecule has 1 atom stereocenters. The summed E-state index contributed by atoms with van der Waals surface area (Å²) in [7, 11) is -0.541. The van der Waals surface area contributed by atoms with Crippen LogP contribution in [0.5, 0.6) is 0 Å². The summed E-state index contributed by atoms with van der Waals surface area (Å²) in [5.74, 6) is 0.627. The van der Waals surface area contributed by atoms with Gasteiger partial charge in [0.2, 0.25) is 8.32 Å². The molecule has 0 fully saturated rings. The maximum Gasteiger partial charge on any atom is 0.319 e. The second-order valence-electron chi connectivity index (χ2n) is 7.74.